The van der Waals surface area contributed by atoms with Crippen LogP contribution in [0.2, 0.25) is 5.15 Å². The summed E-state index contributed by atoms with van der Waals surface area (Å²) < 4.78 is 5.56. The maximum absolute atomic E-state index is 8.92. The van der Waals surface area contributed by atoms with Crippen molar-refractivity contribution in [3.05, 3.63) is 22.8 Å². The average molecular weight is 252 g/mol. The fourth-order valence-corrected chi connectivity index (χ4v) is 2.12. The van der Waals surface area contributed by atoms with Crippen molar-refractivity contribution < 1.29 is 4.74 Å². The van der Waals surface area contributed by atoms with E-state index < -0.39 is 0 Å². The van der Waals surface area contributed by atoms with Crippen LogP contribution in [0.4, 0.5) is 5.82 Å². The molecule has 0 spiro atoms. The number of nitriles is 1. The van der Waals surface area contributed by atoms with Crippen LogP contribution in [0.25, 0.3) is 0 Å². The number of ether oxygens (including phenoxy) is 1. The first kappa shape index (κ1) is 12.2. The van der Waals surface area contributed by atoms with Crippen molar-refractivity contribution in [3.63, 3.8) is 0 Å². The van der Waals surface area contributed by atoms with Gasteiger partial charge in [0.25, 0.3) is 0 Å². The second kappa shape index (κ2) is 4.91. The normalized spacial score (nSPS) is 24.5. The fourth-order valence-electron chi connectivity index (χ4n) is 1.92. The van der Waals surface area contributed by atoms with Crippen molar-refractivity contribution in [1.29, 1.82) is 5.26 Å². The molecule has 1 aromatic rings. The van der Waals surface area contributed by atoms with Gasteiger partial charge in [0, 0.05) is 6.54 Å². The first-order chi connectivity index (χ1) is 8.10. The fraction of sp³-hybridized carbons (Fsp3) is 0.500. The zero-order valence-corrected chi connectivity index (χ0v) is 10.6. The summed E-state index contributed by atoms with van der Waals surface area (Å²) in [4.78, 5) is 6.40. The van der Waals surface area contributed by atoms with Crippen molar-refractivity contribution in [1.82, 2.24) is 4.98 Å². The number of hydrogen-bond acceptors (Lipinski definition) is 4. The molecular formula is C12H14ClN3O. The Kier molecular flexibility index (Phi) is 3.51. The molecule has 2 atom stereocenters. The molecular weight excluding hydrogens is 238 g/mol. The van der Waals surface area contributed by atoms with Gasteiger partial charge in [-0.2, -0.15) is 5.26 Å². The molecule has 1 fully saturated rings. The van der Waals surface area contributed by atoms with Crippen LogP contribution in [0.15, 0.2) is 12.1 Å². The SMILES string of the molecule is CC1CN(c2cc(C#N)cc(Cl)n2)C(C)CO1. The molecule has 5 heteroatoms. The second-order valence-corrected chi connectivity index (χ2v) is 4.68. The van der Waals surface area contributed by atoms with E-state index in [9.17, 15) is 0 Å². The monoisotopic (exact) mass is 251 g/mol. The number of aromatic nitrogens is 1. The third-order valence-corrected chi connectivity index (χ3v) is 3.01. The van der Waals surface area contributed by atoms with Gasteiger partial charge in [-0.15, -0.1) is 0 Å². The van der Waals surface area contributed by atoms with Gasteiger partial charge in [0.15, 0.2) is 0 Å². The molecule has 1 aromatic heterocycles. The van der Waals surface area contributed by atoms with E-state index in [2.05, 4.69) is 22.9 Å². The van der Waals surface area contributed by atoms with E-state index in [4.69, 9.17) is 21.6 Å². The number of hydrogen-bond donors (Lipinski definition) is 0. The Bertz CT molecular complexity index is 458. The Morgan fingerprint density at radius 1 is 1.53 bits per heavy atom. The Balaban J connectivity index is 2.32. The molecule has 0 radical (unpaired) electrons. The van der Waals surface area contributed by atoms with Crippen LogP contribution in [0.3, 0.4) is 0 Å². The van der Waals surface area contributed by atoms with E-state index in [1.807, 2.05) is 6.92 Å². The molecule has 0 saturated carbocycles. The molecule has 1 saturated heterocycles. The first-order valence-corrected chi connectivity index (χ1v) is 5.94. The summed E-state index contributed by atoms with van der Waals surface area (Å²) in [5.74, 6) is 0.747. The molecule has 0 N–H and O–H groups in total. The number of anilines is 1. The molecule has 0 aliphatic carbocycles. The van der Waals surface area contributed by atoms with Crippen LogP contribution in [0.1, 0.15) is 19.4 Å². The van der Waals surface area contributed by atoms with Crippen LogP contribution in [-0.2, 0) is 4.74 Å². The highest BCUT2D eigenvalue weighted by Gasteiger charge is 2.24. The largest absolute Gasteiger partial charge is 0.375 e. The van der Waals surface area contributed by atoms with Gasteiger partial charge in [0.1, 0.15) is 11.0 Å². The number of halogens is 1. The lowest BCUT2D eigenvalue weighted by Crippen LogP contribution is -2.47. The highest BCUT2D eigenvalue weighted by molar-refractivity contribution is 6.29. The lowest BCUT2D eigenvalue weighted by atomic mass is 10.2. The minimum absolute atomic E-state index is 0.164. The molecule has 0 bridgehead atoms. The van der Waals surface area contributed by atoms with Crippen molar-refractivity contribution in [2.24, 2.45) is 0 Å². The van der Waals surface area contributed by atoms with E-state index >= 15 is 0 Å². The molecule has 2 unspecified atom stereocenters. The quantitative estimate of drug-likeness (QED) is 0.718. The van der Waals surface area contributed by atoms with Gasteiger partial charge in [-0.25, -0.2) is 4.98 Å². The average Bonchev–Trinajstić information content (AvgIpc) is 2.31. The van der Waals surface area contributed by atoms with Gasteiger partial charge < -0.3 is 9.64 Å². The Morgan fingerprint density at radius 3 is 3.00 bits per heavy atom. The van der Waals surface area contributed by atoms with E-state index in [1.165, 1.54) is 0 Å². The van der Waals surface area contributed by atoms with Crippen LogP contribution in [0, 0.1) is 11.3 Å². The molecule has 2 heterocycles. The number of rotatable bonds is 1. The van der Waals surface area contributed by atoms with Crippen LogP contribution in [-0.4, -0.2) is 30.3 Å². The highest BCUT2D eigenvalue weighted by Crippen LogP contribution is 2.23. The minimum Gasteiger partial charge on any atom is -0.375 e. The smallest absolute Gasteiger partial charge is 0.132 e. The predicted molar refractivity (Wildman–Crippen MR) is 66.2 cm³/mol. The van der Waals surface area contributed by atoms with Crippen molar-refractivity contribution >= 4 is 17.4 Å². The van der Waals surface area contributed by atoms with E-state index in [0.29, 0.717) is 17.3 Å². The number of morpholine rings is 1. The van der Waals surface area contributed by atoms with Crippen molar-refractivity contribution in [2.45, 2.75) is 26.0 Å². The molecule has 0 amide bonds. The van der Waals surface area contributed by atoms with Gasteiger partial charge in [0.2, 0.25) is 0 Å². The van der Waals surface area contributed by atoms with Crippen molar-refractivity contribution in [3.8, 4) is 6.07 Å². The minimum atomic E-state index is 0.164. The van der Waals surface area contributed by atoms with Crippen LogP contribution < -0.4 is 4.90 Å². The molecule has 4 nitrogen and oxygen atoms in total. The standard InChI is InChI=1S/C12H14ClN3O/c1-8-7-17-9(2)6-16(8)12-4-10(5-14)3-11(13)15-12/h3-4,8-9H,6-7H2,1-2H3. The van der Waals surface area contributed by atoms with Gasteiger partial charge in [-0.05, 0) is 26.0 Å². The summed E-state index contributed by atoms with van der Waals surface area (Å²) in [6, 6.07) is 5.66. The molecule has 90 valence electrons. The Morgan fingerprint density at radius 2 is 2.29 bits per heavy atom. The third-order valence-electron chi connectivity index (χ3n) is 2.81. The first-order valence-electron chi connectivity index (χ1n) is 5.56. The Hall–Kier alpha value is -1.31. The third kappa shape index (κ3) is 2.68. The zero-order valence-electron chi connectivity index (χ0n) is 9.85. The molecule has 0 aromatic carbocycles. The van der Waals surface area contributed by atoms with Gasteiger partial charge in [-0.3, -0.25) is 0 Å². The van der Waals surface area contributed by atoms with E-state index in [1.54, 1.807) is 12.1 Å². The van der Waals surface area contributed by atoms with Crippen LogP contribution >= 0.6 is 11.6 Å². The molecule has 1 aliphatic heterocycles. The Labute approximate surface area is 106 Å². The maximum Gasteiger partial charge on any atom is 0.132 e. The van der Waals surface area contributed by atoms with E-state index in [-0.39, 0.29) is 12.1 Å². The predicted octanol–water partition coefficient (Wildman–Crippen LogP) is 2.22. The van der Waals surface area contributed by atoms with Gasteiger partial charge in [0.05, 0.1) is 30.4 Å². The molecule has 17 heavy (non-hydrogen) atoms. The lowest BCUT2D eigenvalue weighted by Gasteiger charge is -2.37. The maximum atomic E-state index is 8.92. The molecule has 2 rings (SSSR count). The molecule has 1 aliphatic rings. The summed E-state index contributed by atoms with van der Waals surface area (Å²) in [6.07, 6.45) is 0.164. The summed E-state index contributed by atoms with van der Waals surface area (Å²) in [5, 5.41) is 9.28. The summed E-state index contributed by atoms with van der Waals surface area (Å²) >= 11 is 5.91. The van der Waals surface area contributed by atoms with Gasteiger partial charge in [-0.1, -0.05) is 11.6 Å². The lowest BCUT2D eigenvalue weighted by molar-refractivity contribution is 0.0340. The summed E-state index contributed by atoms with van der Waals surface area (Å²) in [6.45, 7) is 5.52. The van der Waals surface area contributed by atoms with Crippen molar-refractivity contribution in [2.75, 3.05) is 18.1 Å². The second-order valence-electron chi connectivity index (χ2n) is 4.29. The van der Waals surface area contributed by atoms with Crippen LogP contribution in [0.5, 0.6) is 0 Å². The zero-order chi connectivity index (χ0) is 12.4. The summed E-state index contributed by atoms with van der Waals surface area (Å²) in [7, 11) is 0. The van der Waals surface area contributed by atoms with Gasteiger partial charge >= 0.3 is 0 Å². The highest BCUT2D eigenvalue weighted by atomic mass is 35.5. The number of pyridine rings is 1. The van der Waals surface area contributed by atoms with E-state index in [0.717, 1.165) is 12.4 Å². The number of nitrogens with zero attached hydrogens (tertiary/aromatic N) is 3. The topological polar surface area (TPSA) is 49.2 Å². The summed E-state index contributed by atoms with van der Waals surface area (Å²) in [5.41, 5.74) is 0.534.